The largest absolute Gasteiger partial charge is 0.387 e. The molecule has 122 valence electrons. The summed E-state index contributed by atoms with van der Waals surface area (Å²) in [6, 6.07) is 3.85. The van der Waals surface area contributed by atoms with E-state index in [1.807, 2.05) is 0 Å². The van der Waals surface area contributed by atoms with Crippen LogP contribution in [-0.2, 0) is 4.74 Å². The molecule has 1 heterocycles. The summed E-state index contributed by atoms with van der Waals surface area (Å²) in [6.45, 7) is 4.97. The Labute approximate surface area is 134 Å². The maximum Gasteiger partial charge on any atom is 0.251 e. The van der Waals surface area contributed by atoms with Gasteiger partial charge in [0.15, 0.2) is 0 Å². The molecule has 1 amide bonds. The van der Waals surface area contributed by atoms with Crippen molar-refractivity contribution in [1.82, 2.24) is 10.2 Å². The minimum atomic E-state index is -1.07. The average molecular weight is 331 g/mol. The van der Waals surface area contributed by atoms with Gasteiger partial charge in [-0.05, 0) is 25.1 Å². The molecule has 1 aliphatic rings. The molecule has 22 heavy (non-hydrogen) atoms. The molecule has 0 bridgehead atoms. The number of rotatable bonds is 5. The standard InChI is InChI=1S/C15H20ClFN2O3/c1-15(21,10-19-4-6-22-7-5-19)9-18-14(20)11-2-3-12(16)13(17)8-11/h2-3,8,21H,4-7,9-10H2,1H3,(H,18,20). The molecule has 0 spiro atoms. The van der Waals surface area contributed by atoms with Crippen LogP contribution >= 0.6 is 11.6 Å². The molecule has 0 aromatic heterocycles. The summed E-state index contributed by atoms with van der Waals surface area (Å²) in [6.07, 6.45) is 0. The van der Waals surface area contributed by atoms with Gasteiger partial charge in [0.2, 0.25) is 0 Å². The number of hydrogen-bond acceptors (Lipinski definition) is 4. The van der Waals surface area contributed by atoms with Crippen molar-refractivity contribution in [1.29, 1.82) is 0 Å². The van der Waals surface area contributed by atoms with Crippen molar-refractivity contribution < 1.29 is 19.0 Å². The van der Waals surface area contributed by atoms with Gasteiger partial charge in [0.05, 0.1) is 23.8 Å². The molecule has 2 rings (SSSR count). The highest BCUT2D eigenvalue weighted by molar-refractivity contribution is 6.30. The Hall–Kier alpha value is -1.21. The number of hydrogen-bond donors (Lipinski definition) is 2. The Morgan fingerprint density at radius 3 is 2.82 bits per heavy atom. The van der Waals surface area contributed by atoms with E-state index in [0.717, 1.165) is 19.2 Å². The summed E-state index contributed by atoms with van der Waals surface area (Å²) >= 11 is 5.58. The van der Waals surface area contributed by atoms with Crippen LogP contribution in [0.1, 0.15) is 17.3 Å². The number of nitrogens with one attached hydrogen (secondary N) is 1. The molecule has 0 saturated carbocycles. The predicted molar refractivity (Wildman–Crippen MR) is 81.6 cm³/mol. The van der Waals surface area contributed by atoms with Gasteiger partial charge in [-0.15, -0.1) is 0 Å². The predicted octanol–water partition coefficient (Wildman–Crippen LogP) is 1.29. The van der Waals surface area contributed by atoms with Crippen LogP contribution < -0.4 is 5.32 Å². The zero-order chi connectivity index (χ0) is 16.2. The first kappa shape index (κ1) is 17.1. The highest BCUT2D eigenvalue weighted by Crippen LogP contribution is 2.15. The summed E-state index contributed by atoms with van der Waals surface area (Å²) < 4.78 is 18.6. The van der Waals surface area contributed by atoms with E-state index in [4.69, 9.17) is 16.3 Å². The fourth-order valence-electron chi connectivity index (χ4n) is 2.31. The Morgan fingerprint density at radius 2 is 2.18 bits per heavy atom. The number of amides is 1. The highest BCUT2D eigenvalue weighted by atomic mass is 35.5. The van der Waals surface area contributed by atoms with E-state index in [0.29, 0.717) is 19.8 Å². The fraction of sp³-hybridized carbons (Fsp3) is 0.533. The van der Waals surface area contributed by atoms with Gasteiger partial charge in [-0.3, -0.25) is 9.69 Å². The molecule has 1 unspecified atom stereocenters. The third-order valence-corrected chi connectivity index (χ3v) is 3.79. The molecule has 1 aromatic carbocycles. The van der Waals surface area contributed by atoms with Gasteiger partial charge >= 0.3 is 0 Å². The van der Waals surface area contributed by atoms with Crippen molar-refractivity contribution >= 4 is 17.5 Å². The lowest BCUT2D eigenvalue weighted by Gasteiger charge is -2.33. The molecule has 1 atom stereocenters. The maximum absolute atomic E-state index is 13.3. The second-order valence-electron chi connectivity index (χ2n) is 5.70. The third-order valence-electron chi connectivity index (χ3n) is 3.48. The van der Waals surface area contributed by atoms with E-state index in [-0.39, 0.29) is 17.1 Å². The van der Waals surface area contributed by atoms with E-state index in [1.165, 1.54) is 12.1 Å². The SMILES string of the molecule is CC(O)(CNC(=O)c1ccc(Cl)c(F)c1)CN1CCOCC1. The molecule has 1 aromatic rings. The van der Waals surface area contributed by atoms with Gasteiger partial charge in [-0.25, -0.2) is 4.39 Å². The smallest absolute Gasteiger partial charge is 0.251 e. The Bertz CT molecular complexity index is 534. The number of β-amino-alcohol motifs (C(OH)–C–C–N with tert-alkyl or cyclic N) is 1. The first-order valence-corrected chi connectivity index (χ1v) is 7.51. The van der Waals surface area contributed by atoms with Crippen molar-refractivity contribution in [2.45, 2.75) is 12.5 Å². The van der Waals surface area contributed by atoms with E-state index in [9.17, 15) is 14.3 Å². The fourth-order valence-corrected chi connectivity index (χ4v) is 2.42. The molecule has 2 N–H and O–H groups in total. The number of morpholine rings is 1. The molecule has 1 fully saturated rings. The van der Waals surface area contributed by atoms with Crippen LogP contribution in [0.15, 0.2) is 18.2 Å². The second-order valence-corrected chi connectivity index (χ2v) is 6.10. The molecule has 0 aliphatic carbocycles. The van der Waals surface area contributed by atoms with Crippen molar-refractivity contribution in [3.63, 3.8) is 0 Å². The second kappa shape index (κ2) is 7.37. The lowest BCUT2D eigenvalue weighted by molar-refractivity contribution is -0.0213. The van der Waals surface area contributed by atoms with Gasteiger partial charge < -0.3 is 15.2 Å². The summed E-state index contributed by atoms with van der Waals surface area (Å²) in [5.74, 6) is -1.09. The number of nitrogens with zero attached hydrogens (tertiary/aromatic N) is 1. The lowest BCUT2D eigenvalue weighted by Crippen LogP contribution is -2.51. The Kier molecular flexibility index (Phi) is 5.74. The normalized spacial score (nSPS) is 18.7. The zero-order valence-corrected chi connectivity index (χ0v) is 13.2. The van der Waals surface area contributed by atoms with E-state index in [2.05, 4.69) is 10.2 Å². The van der Waals surface area contributed by atoms with Crippen molar-refractivity contribution in [2.24, 2.45) is 0 Å². The van der Waals surface area contributed by atoms with Crippen LogP contribution in [-0.4, -0.2) is 60.9 Å². The Balaban J connectivity index is 1.87. The zero-order valence-electron chi connectivity index (χ0n) is 12.4. The lowest BCUT2D eigenvalue weighted by atomic mass is 10.1. The summed E-state index contributed by atoms with van der Waals surface area (Å²) in [5, 5.41) is 13.0. The van der Waals surface area contributed by atoms with Crippen LogP contribution in [0.5, 0.6) is 0 Å². The minimum Gasteiger partial charge on any atom is -0.387 e. The third kappa shape index (κ3) is 4.91. The van der Waals surface area contributed by atoms with Crippen molar-refractivity contribution in [3.8, 4) is 0 Å². The van der Waals surface area contributed by atoms with Gasteiger partial charge in [0.1, 0.15) is 5.82 Å². The van der Waals surface area contributed by atoms with Crippen LogP contribution in [0.4, 0.5) is 4.39 Å². The monoisotopic (exact) mass is 330 g/mol. The number of carbonyl (C=O) groups is 1. The van der Waals surface area contributed by atoms with E-state index in [1.54, 1.807) is 6.92 Å². The minimum absolute atomic E-state index is 0.0316. The molecule has 1 saturated heterocycles. The van der Waals surface area contributed by atoms with Gasteiger partial charge in [0.25, 0.3) is 5.91 Å². The number of ether oxygens (including phenoxy) is 1. The first-order chi connectivity index (χ1) is 10.4. The van der Waals surface area contributed by atoms with Crippen LogP contribution in [0.3, 0.4) is 0 Å². The highest BCUT2D eigenvalue weighted by Gasteiger charge is 2.26. The number of carbonyl (C=O) groups excluding carboxylic acids is 1. The molecular formula is C15H20ClFN2O3. The summed E-state index contributed by atoms with van der Waals surface area (Å²) in [4.78, 5) is 14.1. The molecule has 7 heteroatoms. The summed E-state index contributed by atoms with van der Waals surface area (Å²) in [7, 11) is 0. The van der Waals surface area contributed by atoms with Crippen LogP contribution in [0.25, 0.3) is 0 Å². The maximum atomic E-state index is 13.3. The molecular weight excluding hydrogens is 311 g/mol. The molecule has 5 nitrogen and oxygen atoms in total. The quantitative estimate of drug-likeness (QED) is 0.854. The van der Waals surface area contributed by atoms with Gasteiger partial charge in [-0.1, -0.05) is 11.6 Å². The first-order valence-electron chi connectivity index (χ1n) is 7.13. The van der Waals surface area contributed by atoms with Crippen LogP contribution in [0, 0.1) is 5.82 Å². The topological polar surface area (TPSA) is 61.8 Å². The Morgan fingerprint density at radius 1 is 1.50 bits per heavy atom. The van der Waals surface area contributed by atoms with E-state index >= 15 is 0 Å². The van der Waals surface area contributed by atoms with E-state index < -0.39 is 17.3 Å². The van der Waals surface area contributed by atoms with Crippen molar-refractivity contribution in [2.75, 3.05) is 39.4 Å². The van der Waals surface area contributed by atoms with Crippen LogP contribution in [0.2, 0.25) is 5.02 Å². The van der Waals surface area contributed by atoms with Gasteiger partial charge in [-0.2, -0.15) is 0 Å². The van der Waals surface area contributed by atoms with Crippen molar-refractivity contribution in [3.05, 3.63) is 34.6 Å². The average Bonchev–Trinajstić information content (AvgIpc) is 2.48. The molecule has 0 radical (unpaired) electrons. The summed E-state index contributed by atoms with van der Waals surface area (Å²) in [5.41, 5.74) is -0.901. The number of halogens is 2. The number of aliphatic hydroxyl groups is 1. The molecule has 1 aliphatic heterocycles. The van der Waals surface area contributed by atoms with Gasteiger partial charge in [0, 0.05) is 31.7 Å². The number of benzene rings is 1.